The molecule has 0 radical (unpaired) electrons. The van der Waals surface area contributed by atoms with Crippen molar-refractivity contribution in [3.63, 3.8) is 0 Å². The second-order valence-corrected chi connectivity index (χ2v) is 4.93. The second kappa shape index (κ2) is 8.09. The zero-order valence-electron chi connectivity index (χ0n) is 14.4. The van der Waals surface area contributed by atoms with Crippen LogP contribution in [0.15, 0.2) is 28.9 Å². The number of hydrogen-bond donors (Lipinski definition) is 1. The number of carbonyl (C=O) groups is 2. The Morgan fingerprint density at radius 2 is 1.72 bits per heavy atom. The molecule has 2 aromatic rings. The zero-order chi connectivity index (χ0) is 18.4. The molecular formula is C17H19NO7. The molecule has 1 amide bonds. The van der Waals surface area contributed by atoms with Crippen molar-refractivity contribution in [3.8, 4) is 17.2 Å². The van der Waals surface area contributed by atoms with E-state index in [2.05, 4.69) is 5.32 Å². The van der Waals surface area contributed by atoms with Crippen LogP contribution in [-0.4, -0.2) is 39.8 Å². The highest BCUT2D eigenvalue weighted by Crippen LogP contribution is 2.39. The van der Waals surface area contributed by atoms with Crippen LogP contribution < -0.4 is 19.5 Å². The van der Waals surface area contributed by atoms with Gasteiger partial charge in [0, 0.05) is 17.8 Å². The predicted octanol–water partition coefficient (Wildman–Crippen LogP) is 2.41. The van der Waals surface area contributed by atoms with Gasteiger partial charge in [0.2, 0.25) is 5.75 Å². The van der Waals surface area contributed by atoms with Crippen LogP contribution in [0, 0.1) is 6.92 Å². The number of benzene rings is 1. The van der Waals surface area contributed by atoms with Crippen LogP contribution in [0.3, 0.4) is 0 Å². The number of carbonyl (C=O) groups excluding carboxylic acids is 2. The van der Waals surface area contributed by atoms with Crippen molar-refractivity contribution in [1.82, 2.24) is 0 Å². The first-order chi connectivity index (χ1) is 12.0. The zero-order valence-corrected chi connectivity index (χ0v) is 14.4. The number of rotatable bonds is 7. The van der Waals surface area contributed by atoms with Gasteiger partial charge in [-0.25, -0.2) is 4.79 Å². The highest BCUT2D eigenvalue weighted by molar-refractivity contribution is 5.96. The van der Waals surface area contributed by atoms with Gasteiger partial charge < -0.3 is 28.7 Å². The van der Waals surface area contributed by atoms with Gasteiger partial charge in [-0.3, -0.25) is 4.79 Å². The molecule has 0 saturated carbocycles. The summed E-state index contributed by atoms with van der Waals surface area (Å²) in [5.74, 6) is 0.473. The first kappa shape index (κ1) is 18.2. The normalized spacial score (nSPS) is 10.1. The lowest BCUT2D eigenvalue weighted by atomic mass is 10.2. The monoisotopic (exact) mass is 349 g/mol. The average molecular weight is 349 g/mol. The van der Waals surface area contributed by atoms with Gasteiger partial charge >= 0.3 is 5.97 Å². The third-order valence-electron chi connectivity index (χ3n) is 3.36. The van der Waals surface area contributed by atoms with E-state index < -0.39 is 18.5 Å². The number of hydrogen-bond acceptors (Lipinski definition) is 7. The maximum absolute atomic E-state index is 12.0. The Kier molecular flexibility index (Phi) is 5.89. The van der Waals surface area contributed by atoms with Crippen molar-refractivity contribution < 1.29 is 33.0 Å². The van der Waals surface area contributed by atoms with Gasteiger partial charge in [-0.15, -0.1) is 0 Å². The maximum atomic E-state index is 12.0. The van der Waals surface area contributed by atoms with E-state index in [1.165, 1.54) is 33.7 Å². The molecule has 8 nitrogen and oxygen atoms in total. The molecule has 0 aliphatic rings. The third-order valence-corrected chi connectivity index (χ3v) is 3.36. The standard InChI is InChI=1S/C17H19NO7/c1-10-12(5-6-24-10)17(20)25-9-15(19)18-11-7-13(21-2)16(23-4)14(8-11)22-3/h5-8H,9H2,1-4H3,(H,18,19). The maximum Gasteiger partial charge on any atom is 0.342 e. The SMILES string of the molecule is COc1cc(NC(=O)COC(=O)c2ccoc2C)cc(OC)c1OC. The molecule has 0 aliphatic carbocycles. The third kappa shape index (κ3) is 4.23. The highest BCUT2D eigenvalue weighted by Gasteiger charge is 2.17. The Morgan fingerprint density at radius 1 is 1.08 bits per heavy atom. The number of ether oxygens (including phenoxy) is 4. The minimum Gasteiger partial charge on any atom is -0.493 e. The fraction of sp³-hybridized carbons (Fsp3) is 0.294. The number of esters is 1. The lowest BCUT2D eigenvalue weighted by molar-refractivity contribution is -0.119. The smallest absolute Gasteiger partial charge is 0.342 e. The van der Waals surface area contributed by atoms with Gasteiger partial charge in [0.1, 0.15) is 11.3 Å². The minimum absolute atomic E-state index is 0.278. The van der Waals surface area contributed by atoms with E-state index in [9.17, 15) is 9.59 Å². The molecule has 134 valence electrons. The summed E-state index contributed by atoms with van der Waals surface area (Å²) >= 11 is 0. The number of furan rings is 1. The van der Waals surface area contributed by atoms with Crippen molar-refractivity contribution in [2.45, 2.75) is 6.92 Å². The van der Waals surface area contributed by atoms with E-state index in [1.54, 1.807) is 19.1 Å². The van der Waals surface area contributed by atoms with Gasteiger partial charge in [-0.05, 0) is 13.0 Å². The fourth-order valence-electron chi connectivity index (χ4n) is 2.16. The minimum atomic E-state index is -0.633. The van der Waals surface area contributed by atoms with Crippen LogP contribution in [0.4, 0.5) is 5.69 Å². The Morgan fingerprint density at radius 3 is 2.20 bits per heavy atom. The van der Waals surface area contributed by atoms with E-state index in [0.717, 1.165) is 0 Å². The Hall–Kier alpha value is -3.16. The lowest BCUT2D eigenvalue weighted by Gasteiger charge is -2.14. The molecule has 0 bridgehead atoms. The molecule has 25 heavy (non-hydrogen) atoms. The second-order valence-electron chi connectivity index (χ2n) is 4.93. The first-order valence-corrected chi connectivity index (χ1v) is 7.31. The van der Waals surface area contributed by atoms with E-state index >= 15 is 0 Å². The number of amides is 1. The van der Waals surface area contributed by atoms with Crippen molar-refractivity contribution >= 4 is 17.6 Å². The molecule has 1 aromatic carbocycles. The lowest BCUT2D eigenvalue weighted by Crippen LogP contribution is -2.21. The van der Waals surface area contributed by atoms with Crippen LogP contribution in [0.5, 0.6) is 17.2 Å². The molecule has 0 atom stereocenters. The number of anilines is 1. The van der Waals surface area contributed by atoms with E-state index in [0.29, 0.717) is 28.7 Å². The average Bonchev–Trinajstić information content (AvgIpc) is 3.04. The summed E-state index contributed by atoms with van der Waals surface area (Å²) in [5.41, 5.74) is 0.690. The quantitative estimate of drug-likeness (QED) is 0.767. The highest BCUT2D eigenvalue weighted by atomic mass is 16.5. The van der Waals surface area contributed by atoms with Gasteiger partial charge in [0.25, 0.3) is 5.91 Å². The fourth-order valence-corrected chi connectivity index (χ4v) is 2.16. The summed E-state index contributed by atoms with van der Waals surface area (Å²) in [6.07, 6.45) is 1.38. The van der Waals surface area contributed by atoms with E-state index in [4.69, 9.17) is 23.4 Å². The molecule has 1 N–H and O–H groups in total. The molecule has 0 unspecified atom stereocenters. The summed E-state index contributed by atoms with van der Waals surface area (Å²) in [5, 5.41) is 2.60. The molecule has 0 fully saturated rings. The van der Waals surface area contributed by atoms with Crippen molar-refractivity contribution in [2.75, 3.05) is 33.3 Å². The summed E-state index contributed by atoms with van der Waals surface area (Å²) in [4.78, 5) is 23.8. The first-order valence-electron chi connectivity index (χ1n) is 7.31. The van der Waals surface area contributed by atoms with Gasteiger partial charge in [0.15, 0.2) is 18.1 Å². The Labute approximate surface area is 144 Å². The molecule has 0 aliphatic heterocycles. The van der Waals surface area contributed by atoms with Gasteiger partial charge in [-0.2, -0.15) is 0 Å². The van der Waals surface area contributed by atoms with Crippen LogP contribution >= 0.6 is 0 Å². The van der Waals surface area contributed by atoms with Crippen LogP contribution in [0.25, 0.3) is 0 Å². The van der Waals surface area contributed by atoms with Crippen LogP contribution in [-0.2, 0) is 9.53 Å². The van der Waals surface area contributed by atoms with Crippen LogP contribution in [0.1, 0.15) is 16.1 Å². The van der Waals surface area contributed by atoms with E-state index in [1.807, 2.05) is 0 Å². The molecule has 0 spiro atoms. The predicted molar refractivity (Wildman–Crippen MR) is 88.5 cm³/mol. The molecule has 0 saturated heterocycles. The van der Waals surface area contributed by atoms with Crippen molar-refractivity contribution in [1.29, 1.82) is 0 Å². The van der Waals surface area contributed by atoms with Crippen LogP contribution in [0.2, 0.25) is 0 Å². The number of methoxy groups -OCH3 is 3. The van der Waals surface area contributed by atoms with Crippen molar-refractivity contribution in [2.24, 2.45) is 0 Å². The number of aryl methyl sites for hydroxylation is 1. The largest absolute Gasteiger partial charge is 0.493 e. The molecule has 1 heterocycles. The topological polar surface area (TPSA) is 96.2 Å². The Balaban J connectivity index is 2.03. The summed E-state index contributed by atoms with van der Waals surface area (Å²) in [6.45, 7) is 1.19. The molecular weight excluding hydrogens is 330 g/mol. The molecule has 1 aromatic heterocycles. The van der Waals surface area contributed by atoms with Gasteiger partial charge in [0.05, 0.1) is 27.6 Å². The summed E-state index contributed by atoms with van der Waals surface area (Å²) < 4.78 is 25.6. The van der Waals surface area contributed by atoms with Gasteiger partial charge in [-0.1, -0.05) is 0 Å². The Bertz CT molecular complexity index is 741. The van der Waals surface area contributed by atoms with E-state index in [-0.39, 0.29) is 5.56 Å². The molecule has 2 rings (SSSR count). The summed E-state index contributed by atoms with van der Waals surface area (Å²) in [6, 6.07) is 4.62. The summed E-state index contributed by atoms with van der Waals surface area (Å²) in [7, 11) is 4.42. The van der Waals surface area contributed by atoms with Crippen molar-refractivity contribution in [3.05, 3.63) is 35.8 Å². The molecule has 8 heteroatoms. The number of nitrogens with one attached hydrogen (secondary N) is 1.